The molecule has 0 bridgehead atoms. The minimum absolute atomic E-state index is 0.136. The van der Waals surface area contributed by atoms with Gasteiger partial charge < -0.3 is 0 Å². The van der Waals surface area contributed by atoms with Gasteiger partial charge in [-0.25, -0.2) is 0 Å². The minimum atomic E-state index is -0.407. The number of allylic oxidation sites excluding steroid dienone is 3. The molecule has 0 saturated carbocycles. The number of nitro groups is 1. The monoisotopic (exact) mass is 189 g/mol. The molecule has 3 nitrogen and oxygen atoms in total. The Hall–Kier alpha value is -1.90. The zero-order valence-electron chi connectivity index (χ0n) is 7.88. The van der Waals surface area contributed by atoms with Gasteiger partial charge in [0, 0.05) is 13.0 Å². The first-order chi connectivity index (χ1) is 6.70. The van der Waals surface area contributed by atoms with Crippen molar-refractivity contribution in [1.82, 2.24) is 0 Å². The Bertz CT molecular complexity index is 366. The molecule has 3 heteroatoms. The SMILES string of the molecule is C/C(=C/C=C/c1ccccc1)[N+](=O)[O-]. The third-order valence-corrected chi connectivity index (χ3v) is 1.71. The summed E-state index contributed by atoms with van der Waals surface area (Å²) >= 11 is 0. The molecule has 0 amide bonds. The molecule has 0 N–H and O–H groups in total. The van der Waals surface area contributed by atoms with Crippen molar-refractivity contribution in [3.8, 4) is 0 Å². The molecule has 0 spiro atoms. The van der Waals surface area contributed by atoms with Crippen LogP contribution < -0.4 is 0 Å². The van der Waals surface area contributed by atoms with Crippen LogP contribution in [-0.4, -0.2) is 4.92 Å². The fraction of sp³-hybridized carbons (Fsp3) is 0.0909. The van der Waals surface area contributed by atoms with Gasteiger partial charge in [0.25, 0.3) is 0 Å². The first kappa shape index (κ1) is 10.2. The summed E-state index contributed by atoms with van der Waals surface area (Å²) < 4.78 is 0. The van der Waals surface area contributed by atoms with Crippen molar-refractivity contribution < 1.29 is 4.92 Å². The van der Waals surface area contributed by atoms with Crippen LogP contribution in [0, 0.1) is 10.1 Å². The Morgan fingerprint density at radius 3 is 2.57 bits per heavy atom. The van der Waals surface area contributed by atoms with Gasteiger partial charge in [-0.2, -0.15) is 0 Å². The molecule has 0 aromatic heterocycles. The summed E-state index contributed by atoms with van der Waals surface area (Å²) in [6.07, 6.45) is 4.98. The third-order valence-electron chi connectivity index (χ3n) is 1.71. The first-order valence-electron chi connectivity index (χ1n) is 4.24. The second-order valence-electron chi connectivity index (χ2n) is 2.83. The van der Waals surface area contributed by atoms with Gasteiger partial charge in [0.05, 0.1) is 4.92 Å². The lowest BCUT2D eigenvalue weighted by Gasteiger charge is -1.89. The first-order valence-corrected chi connectivity index (χ1v) is 4.24. The molecule has 0 aliphatic rings. The summed E-state index contributed by atoms with van der Waals surface area (Å²) in [4.78, 5) is 9.84. The number of benzene rings is 1. The maximum absolute atomic E-state index is 10.2. The summed E-state index contributed by atoms with van der Waals surface area (Å²) in [5, 5.41) is 10.2. The molecule has 72 valence electrons. The van der Waals surface area contributed by atoms with Crippen LogP contribution in [0.25, 0.3) is 6.08 Å². The van der Waals surface area contributed by atoms with Crippen molar-refractivity contribution in [1.29, 1.82) is 0 Å². The number of nitrogens with zero attached hydrogens (tertiary/aromatic N) is 1. The normalized spacial score (nSPS) is 11.9. The largest absolute Gasteiger partial charge is 0.259 e. The standard InChI is InChI=1S/C11H11NO2/c1-10(12(13)14)6-5-9-11-7-3-2-4-8-11/h2-9H,1H3/b9-5+,10-6-. The van der Waals surface area contributed by atoms with Gasteiger partial charge in [0.1, 0.15) is 0 Å². The van der Waals surface area contributed by atoms with E-state index in [4.69, 9.17) is 0 Å². The van der Waals surface area contributed by atoms with E-state index in [1.807, 2.05) is 36.4 Å². The summed E-state index contributed by atoms with van der Waals surface area (Å²) in [6.45, 7) is 1.47. The molecule has 0 saturated heterocycles. The van der Waals surface area contributed by atoms with Gasteiger partial charge in [-0.15, -0.1) is 0 Å². The van der Waals surface area contributed by atoms with E-state index in [-0.39, 0.29) is 5.70 Å². The average molecular weight is 189 g/mol. The van der Waals surface area contributed by atoms with Gasteiger partial charge in [-0.1, -0.05) is 42.5 Å². The molecule has 1 aromatic rings. The predicted molar refractivity (Wildman–Crippen MR) is 56.2 cm³/mol. The summed E-state index contributed by atoms with van der Waals surface area (Å²) in [7, 11) is 0. The molecule has 0 fully saturated rings. The maximum Gasteiger partial charge on any atom is 0.243 e. The molecule has 1 aromatic carbocycles. The summed E-state index contributed by atoms with van der Waals surface area (Å²) in [5.41, 5.74) is 1.16. The molecule has 0 aliphatic heterocycles. The quantitative estimate of drug-likeness (QED) is 0.417. The van der Waals surface area contributed by atoms with Crippen LogP contribution in [-0.2, 0) is 0 Å². The Balaban J connectivity index is 2.66. The molecular weight excluding hydrogens is 178 g/mol. The van der Waals surface area contributed by atoms with E-state index in [1.54, 1.807) is 6.08 Å². The van der Waals surface area contributed by atoms with Crippen LogP contribution in [0.3, 0.4) is 0 Å². The molecule has 0 atom stereocenters. The van der Waals surface area contributed by atoms with E-state index in [2.05, 4.69) is 0 Å². The van der Waals surface area contributed by atoms with Gasteiger partial charge >= 0.3 is 0 Å². The highest BCUT2D eigenvalue weighted by atomic mass is 16.6. The smallest absolute Gasteiger partial charge is 0.243 e. The zero-order valence-corrected chi connectivity index (χ0v) is 7.88. The van der Waals surface area contributed by atoms with Crippen molar-refractivity contribution in [3.63, 3.8) is 0 Å². The fourth-order valence-electron chi connectivity index (χ4n) is 0.923. The Morgan fingerprint density at radius 2 is 2.00 bits per heavy atom. The predicted octanol–water partition coefficient (Wildman–Crippen LogP) is 2.88. The molecule has 0 radical (unpaired) electrons. The van der Waals surface area contributed by atoms with Crippen molar-refractivity contribution in [2.45, 2.75) is 6.92 Å². The Kier molecular flexibility index (Phi) is 3.61. The van der Waals surface area contributed by atoms with Crippen molar-refractivity contribution >= 4 is 6.08 Å². The molecule has 14 heavy (non-hydrogen) atoms. The van der Waals surface area contributed by atoms with Crippen molar-refractivity contribution in [3.05, 3.63) is 63.9 Å². The second-order valence-corrected chi connectivity index (χ2v) is 2.83. The minimum Gasteiger partial charge on any atom is -0.259 e. The number of hydrogen-bond acceptors (Lipinski definition) is 2. The zero-order chi connectivity index (χ0) is 10.4. The van der Waals surface area contributed by atoms with Crippen LogP contribution in [0.1, 0.15) is 12.5 Å². The van der Waals surface area contributed by atoms with Crippen LogP contribution >= 0.6 is 0 Å². The fourth-order valence-corrected chi connectivity index (χ4v) is 0.923. The van der Waals surface area contributed by atoms with Gasteiger partial charge in [-0.05, 0) is 5.56 Å². The molecule has 0 aliphatic carbocycles. The molecular formula is C11H11NO2. The summed E-state index contributed by atoms with van der Waals surface area (Å²) in [6, 6.07) is 9.64. The molecule has 0 heterocycles. The van der Waals surface area contributed by atoms with E-state index in [0.717, 1.165) is 5.56 Å². The highest BCUT2D eigenvalue weighted by molar-refractivity contribution is 5.50. The topological polar surface area (TPSA) is 43.1 Å². The van der Waals surface area contributed by atoms with E-state index >= 15 is 0 Å². The van der Waals surface area contributed by atoms with Crippen LogP contribution in [0.2, 0.25) is 0 Å². The lowest BCUT2D eigenvalue weighted by atomic mass is 10.2. The third kappa shape index (κ3) is 3.23. The lowest BCUT2D eigenvalue weighted by molar-refractivity contribution is -0.424. The highest BCUT2D eigenvalue weighted by Crippen LogP contribution is 2.02. The summed E-state index contributed by atoms with van der Waals surface area (Å²) in [5.74, 6) is 0. The van der Waals surface area contributed by atoms with E-state index in [1.165, 1.54) is 13.0 Å². The lowest BCUT2D eigenvalue weighted by Crippen LogP contribution is -1.91. The Morgan fingerprint density at radius 1 is 1.36 bits per heavy atom. The highest BCUT2D eigenvalue weighted by Gasteiger charge is 1.96. The van der Waals surface area contributed by atoms with Crippen LogP contribution in [0.15, 0.2) is 48.2 Å². The van der Waals surface area contributed by atoms with Gasteiger partial charge in [0.15, 0.2) is 0 Å². The average Bonchev–Trinajstić information content (AvgIpc) is 2.19. The molecule has 0 unspecified atom stereocenters. The van der Waals surface area contributed by atoms with Crippen LogP contribution in [0.4, 0.5) is 0 Å². The Labute approximate surface area is 82.5 Å². The molecule has 1 rings (SSSR count). The van der Waals surface area contributed by atoms with Crippen molar-refractivity contribution in [2.75, 3.05) is 0 Å². The van der Waals surface area contributed by atoms with E-state index in [9.17, 15) is 10.1 Å². The number of rotatable bonds is 3. The maximum atomic E-state index is 10.2. The second kappa shape index (κ2) is 4.97. The van der Waals surface area contributed by atoms with Crippen molar-refractivity contribution in [2.24, 2.45) is 0 Å². The van der Waals surface area contributed by atoms with Crippen LogP contribution in [0.5, 0.6) is 0 Å². The van der Waals surface area contributed by atoms with Gasteiger partial charge in [0.2, 0.25) is 5.70 Å². The van der Waals surface area contributed by atoms with E-state index in [0.29, 0.717) is 0 Å². The van der Waals surface area contributed by atoms with E-state index < -0.39 is 4.92 Å². The number of hydrogen-bond donors (Lipinski definition) is 0. The van der Waals surface area contributed by atoms with Gasteiger partial charge in [-0.3, -0.25) is 10.1 Å².